The zero-order valence-electron chi connectivity index (χ0n) is 10.4. The first-order valence-corrected chi connectivity index (χ1v) is 5.68. The molecule has 2 rings (SSSR count). The van der Waals surface area contributed by atoms with Crippen LogP contribution in [0.25, 0.3) is 0 Å². The fourth-order valence-corrected chi connectivity index (χ4v) is 1.51. The minimum Gasteiger partial charge on any atom is -0.497 e. The number of carboxylic acids is 1. The Morgan fingerprint density at radius 2 is 1.42 bits per heavy atom. The molecule has 0 heterocycles. The topological polar surface area (TPSA) is 46.5 Å². The average molecular weight is 252 g/mol. The smallest absolute Gasteiger partial charge is 0.335 e. The van der Waals surface area contributed by atoms with Crippen molar-refractivity contribution in [1.29, 1.82) is 0 Å². The van der Waals surface area contributed by atoms with Crippen molar-refractivity contribution in [2.75, 3.05) is 7.11 Å². The van der Waals surface area contributed by atoms with E-state index in [-0.39, 0.29) is 5.56 Å². The number of ether oxygens (including phenoxy) is 1. The molecule has 0 amide bonds. The largest absolute Gasteiger partial charge is 0.497 e. The molecule has 1 N–H and O–H groups in total. The molecule has 19 heavy (non-hydrogen) atoms. The summed E-state index contributed by atoms with van der Waals surface area (Å²) in [6, 6.07) is 13.9. The van der Waals surface area contributed by atoms with E-state index in [4.69, 9.17) is 9.84 Å². The normalized spacial score (nSPS) is 9.32. The molecule has 0 saturated heterocycles. The van der Waals surface area contributed by atoms with Gasteiger partial charge >= 0.3 is 5.97 Å². The lowest BCUT2D eigenvalue weighted by atomic mass is 10.1. The van der Waals surface area contributed by atoms with Gasteiger partial charge in [-0.1, -0.05) is 11.8 Å². The van der Waals surface area contributed by atoms with Gasteiger partial charge in [-0.15, -0.1) is 0 Å². The number of hydrogen-bond donors (Lipinski definition) is 1. The molecule has 0 fully saturated rings. The van der Waals surface area contributed by atoms with Gasteiger partial charge in [-0.25, -0.2) is 4.79 Å². The highest BCUT2D eigenvalue weighted by Crippen LogP contribution is 2.10. The van der Waals surface area contributed by atoms with Crippen LogP contribution in [-0.2, 0) is 0 Å². The number of carboxylic acid groups (broad SMARTS) is 1. The van der Waals surface area contributed by atoms with Gasteiger partial charge in [0.15, 0.2) is 0 Å². The maximum Gasteiger partial charge on any atom is 0.335 e. The van der Waals surface area contributed by atoms with Crippen LogP contribution >= 0.6 is 0 Å². The molecule has 0 spiro atoms. The van der Waals surface area contributed by atoms with Crippen molar-refractivity contribution in [3.8, 4) is 17.6 Å². The van der Waals surface area contributed by atoms with E-state index in [9.17, 15) is 4.79 Å². The van der Waals surface area contributed by atoms with Crippen molar-refractivity contribution >= 4 is 5.97 Å². The zero-order valence-corrected chi connectivity index (χ0v) is 10.4. The van der Waals surface area contributed by atoms with E-state index in [0.717, 1.165) is 16.9 Å². The van der Waals surface area contributed by atoms with Crippen LogP contribution in [0.3, 0.4) is 0 Å². The first-order chi connectivity index (χ1) is 9.19. The third-order valence-electron chi connectivity index (χ3n) is 2.57. The van der Waals surface area contributed by atoms with E-state index in [1.54, 1.807) is 31.4 Å². The van der Waals surface area contributed by atoms with Gasteiger partial charge < -0.3 is 9.84 Å². The van der Waals surface area contributed by atoms with Gasteiger partial charge in [0.2, 0.25) is 0 Å². The van der Waals surface area contributed by atoms with Gasteiger partial charge in [0, 0.05) is 11.1 Å². The second kappa shape index (κ2) is 5.74. The van der Waals surface area contributed by atoms with Gasteiger partial charge in [-0.3, -0.25) is 0 Å². The molecule has 2 aromatic carbocycles. The minimum absolute atomic E-state index is 0.259. The predicted octanol–water partition coefficient (Wildman–Crippen LogP) is 2.79. The van der Waals surface area contributed by atoms with Gasteiger partial charge in [0.05, 0.1) is 12.7 Å². The molecule has 0 aliphatic rings. The van der Waals surface area contributed by atoms with Crippen molar-refractivity contribution in [3.05, 3.63) is 65.2 Å². The summed E-state index contributed by atoms with van der Waals surface area (Å²) in [6.07, 6.45) is 0. The summed E-state index contributed by atoms with van der Waals surface area (Å²) < 4.78 is 5.06. The summed E-state index contributed by atoms with van der Waals surface area (Å²) in [6.45, 7) is 0. The van der Waals surface area contributed by atoms with Crippen LogP contribution in [0.15, 0.2) is 48.5 Å². The van der Waals surface area contributed by atoms with E-state index in [2.05, 4.69) is 11.8 Å². The Bertz CT molecular complexity index is 628. The van der Waals surface area contributed by atoms with Crippen molar-refractivity contribution in [2.24, 2.45) is 0 Å². The number of rotatable bonds is 2. The molecule has 3 heteroatoms. The minimum atomic E-state index is -0.935. The van der Waals surface area contributed by atoms with Gasteiger partial charge in [-0.05, 0) is 48.5 Å². The highest BCUT2D eigenvalue weighted by Gasteiger charge is 1.99. The Kier molecular flexibility index (Phi) is 3.84. The Balaban J connectivity index is 2.16. The number of benzene rings is 2. The predicted molar refractivity (Wildman–Crippen MR) is 72.4 cm³/mol. The van der Waals surface area contributed by atoms with E-state index in [1.165, 1.54) is 0 Å². The second-order valence-corrected chi connectivity index (χ2v) is 3.86. The quantitative estimate of drug-likeness (QED) is 0.836. The molecule has 0 aromatic heterocycles. The summed E-state index contributed by atoms with van der Waals surface area (Å²) in [5.41, 5.74) is 1.92. The summed E-state index contributed by atoms with van der Waals surface area (Å²) in [5.74, 6) is 5.84. The Morgan fingerprint density at radius 3 is 1.84 bits per heavy atom. The third kappa shape index (κ3) is 3.36. The van der Waals surface area contributed by atoms with Crippen LogP contribution in [0.4, 0.5) is 0 Å². The van der Waals surface area contributed by atoms with Crippen LogP contribution in [0, 0.1) is 11.8 Å². The standard InChI is InChI=1S/C16H12O3/c1-19-15-10-6-13(7-11-15)3-2-12-4-8-14(9-5-12)16(17)18/h4-11H,1H3,(H,17,18). The molecule has 0 atom stereocenters. The van der Waals surface area contributed by atoms with Gasteiger partial charge in [0.25, 0.3) is 0 Å². The lowest BCUT2D eigenvalue weighted by Gasteiger charge is -1.97. The number of aromatic carboxylic acids is 1. The average Bonchev–Trinajstić information content (AvgIpc) is 2.46. The first-order valence-electron chi connectivity index (χ1n) is 5.68. The number of carbonyl (C=O) groups is 1. The summed E-state index contributed by atoms with van der Waals surface area (Å²) >= 11 is 0. The molecular weight excluding hydrogens is 240 g/mol. The Morgan fingerprint density at radius 1 is 0.947 bits per heavy atom. The van der Waals surface area contributed by atoms with Crippen molar-refractivity contribution in [3.63, 3.8) is 0 Å². The van der Waals surface area contributed by atoms with Crippen LogP contribution in [-0.4, -0.2) is 18.2 Å². The third-order valence-corrected chi connectivity index (χ3v) is 2.57. The highest BCUT2D eigenvalue weighted by molar-refractivity contribution is 5.87. The fourth-order valence-electron chi connectivity index (χ4n) is 1.51. The van der Waals surface area contributed by atoms with E-state index in [1.807, 2.05) is 24.3 Å². The lowest BCUT2D eigenvalue weighted by molar-refractivity contribution is 0.0697. The SMILES string of the molecule is COc1ccc(C#Cc2ccc(C(=O)O)cc2)cc1. The second-order valence-electron chi connectivity index (χ2n) is 3.86. The molecule has 0 aliphatic carbocycles. The first kappa shape index (κ1) is 12.7. The van der Waals surface area contributed by atoms with Crippen molar-refractivity contribution < 1.29 is 14.6 Å². The molecule has 0 bridgehead atoms. The van der Waals surface area contributed by atoms with E-state index < -0.39 is 5.97 Å². The lowest BCUT2D eigenvalue weighted by Crippen LogP contribution is -1.94. The summed E-state index contributed by atoms with van der Waals surface area (Å²) in [7, 11) is 1.62. The van der Waals surface area contributed by atoms with Crippen LogP contribution in [0.2, 0.25) is 0 Å². The maximum atomic E-state index is 10.7. The van der Waals surface area contributed by atoms with Crippen molar-refractivity contribution in [2.45, 2.75) is 0 Å². The van der Waals surface area contributed by atoms with Gasteiger partial charge in [-0.2, -0.15) is 0 Å². The molecule has 2 aromatic rings. The summed E-state index contributed by atoms with van der Waals surface area (Å²) in [5, 5.41) is 8.79. The number of methoxy groups -OCH3 is 1. The molecule has 0 saturated carbocycles. The molecule has 94 valence electrons. The molecule has 0 radical (unpaired) electrons. The number of hydrogen-bond acceptors (Lipinski definition) is 2. The van der Waals surface area contributed by atoms with E-state index >= 15 is 0 Å². The van der Waals surface area contributed by atoms with E-state index in [0.29, 0.717) is 0 Å². The zero-order chi connectivity index (χ0) is 13.7. The van der Waals surface area contributed by atoms with Gasteiger partial charge in [0.1, 0.15) is 5.75 Å². The monoisotopic (exact) mass is 252 g/mol. The Hall–Kier alpha value is -2.73. The summed E-state index contributed by atoms with van der Waals surface area (Å²) in [4.78, 5) is 10.7. The maximum absolute atomic E-state index is 10.7. The van der Waals surface area contributed by atoms with Crippen LogP contribution < -0.4 is 4.74 Å². The molecule has 0 unspecified atom stereocenters. The van der Waals surface area contributed by atoms with Crippen LogP contribution in [0.5, 0.6) is 5.75 Å². The van der Waals surface area contributed by atoms with Crippen molar-refractivity contribution in [1.82, 2.24) is 0 Å². The Labute approximate surface area is 111 Å². The highest BCUT2D eigenvalue weighted by atomic mass is 16.5. The molecule has 0 aliphatic heterocycles. The fraction of sp³-hybridized carbons (Fsp3) is 0.0625. The molecular formula is C16H12O3. The van der Waals surface area contributed by atoms with Crippen LogP contribution in [0.1, 0.15) is 21.5 Å². The molecule has 3 nitrogen and oxygen atoms in total.